The molecule has 0 saturated heterocycles. The highest BCUT2D eigenvalue weighted by molar-refractivity contribution is 5.96. The molecule has 1 N–H and O–H groups in total. The van der Waals surface area contributed by atoms with E-state index in [2.05, 4.69) is 24.4 Å². The lowest BCUT2D eigenvalue weighted by Crippen LogP contribution is -2.38. The smallest absolute Gasteiger partial charge is 0.254 e. The number of amides is 2. The van der Waals surface area contributed by atoms with E-state index >= 15 is 0 Å². The highest BCUT2D eigenvalue weighted by Gasteiger charge is 2.27. The number of hydrogen-bond donors (Lipinski definition) is 1. The molecule has 1 aliphatic rings. The normalized spacial score (nSPS) is 16.6. The van der Waals surface area contributed by atoms with Gasteiger partial charge in [0.1, 0.15) is 0 Å². The van der Waals surface area contributed by atoms with Crippen LogP contribution < -0.4 is 5.32 Å². The number of benzene rings is 2. The van der Waals surface area contributed by atoms with Gasteiger partial charge in [-0.05, 0) is 48.7 Å². The summed E-state index contributed by atoms with van der Waals surface area (Å²) in [5.41, 5.74) is 3.89. The molecule has 118 valence electrons. The van der Waals surface area contributed by atoms with E-state index in [1.165, 1.54) is 18.1 Å². The maximum absolute atomic E-state index is 12.8. The minimum absolute atomic E-state index is 0.0291. The van der Waals surface area contributed by atoms with Crippen molar-refractivity contribution in [1.82, 2.24) is 4.90 Å². The van der Waals surface area contributed by atoms with Crippen molar-refractivity contribution in [3.05, 3.63) is 65.2 Å². The Labute approximate surface area is 136 Å². The maximum Gasteiger partial charge on any atom is 0.254 e. The number of fused-ring (bicyclic) bond motifs is 1. The van der Waals surface area contributed by atoms with Crippen LogP contribution in [0.15, 0.2) is 48.5 Å². The van der Waals surface area contributed by atoms with Crippen molar-refractivity contribution in [2.45, 2.75) is 26.3 Å². The van der Waals surface area contributed by atoms with E-state index in [0.717, 1.165) is 13.0 Å². The molecule has 0 saturated carbocycles. The fourth-order valence-electron chi connectivity index (χ4n) is 3.11. The first-order valence-corrected chi connectivity index (χ1v) is 7.82. The van der Waals surface area contributed by atoms with Crippen molar-refractivity contribution in [2.75, 3.05) is 11.9 Å². The van der Waals surface area contributed by atoms with E-state index in [0.29, 0.717) is 11.3 Å². The van der Waals surface area contributed by atoms with Crippen LogP contribution in [-0.2, 0) is 11.2 Å². The number of nitrogens with one attached hydrogen (secondary N) is 1. The van der Waals surface area contributed by atoms with E-state index in [4.69, 9.17) is 0 Å². The zero-order chi connectivity index (χ0) is 16.4. The second-order valence-electron chi connectivity index (χ2n) is 5.88. The summed E-state index contributed by atoms with van der Waals surface area (Å²) in [5.74, 6) is -0.0910. The topological polar surface area (TPSA) is 49.4 Å². The molecule has 1 atom stereocenters. The molecular weight excluding hydrogens is 288 g/mol. The number of carbonyl (C=O) groups is 2. The fraction of sp³-hybridized carbons (Fsp3) is 0.263. The summed E-state index contributed by atoms with van der Waals surface area (Å²) in [6.45, 7) is 4.26. The van der Waals surface area contributed by atoms with Crippen LogP contribution in [0, 0.1) is 0 Å². The predicted molar refractivity (Wildman–Crippen MR) is 90.3 cm³/mol. The summed E-state index contributed by atoms with van der Waals surface area (Å²) in [6, 6.07) is 15.4. The lowest BCUT2D eigenvalue weighted by atomic mass is 9.93. The number of anilines is 1. The molecule has 0 aliphatic carbocycles. The first kappa shape index (κ1) is 15.3. The molecule has 4 nitrogen and oxygen atoms in total. The van der Waals surface area contributed by atoms with Crippen molar-refractivity contribution >= 4 is 17.5 Å². The quantitative estimate of drug-likeness (QED) is 0.924. The van der Waals surface area contributed by atoms with E-state index < -0.39 is 0 Å². The highest BCUT2D eigenvalue weighted by Crippen LogP contribution is 2.30. The van der Waals surface area contributed by atoms with Gasteiger partial charge < -0.3 is 10.2 Å². The van der Waals surface area contributed by atoms with E-state index in [-0.39, 0.29) is 17.9 Å². The largest absolute Gasteiger partial charge is 0.332 e. The molecule has 2 amide bonds. The molecule has 0 bridgehead atoms. The van der Waals surface area contributed by atoms with Gasteiger partial charge in [-0.1, -0.05) is 24.3 Å². The zero-order valence-corrected chi connectivity index (χ0v) is 13.4. The Balaban J connectivity index is 1.80. The molecule has 23 heavy (non-hydrogen) atoms. The lowest BCUT2D eigenvalue weighted by molar-refractivity contribution is -0.114. The maximum atomic E-state index is 12.8. The van der Waals surface area contributed by atoms with Gasteiger partial charge in [0.2, 0.25) is 5.91 Å². The van der Waals surface area contributed by atoms with Crippen LogP contribution in [0.1, 0.15) is 41.4 Å². The number of carbonyl (C=O) groups excluding carboxylic acids is 2. The summed E-state index contributed by atoms with van der Waals surface area (Å²) < 4.78 is 0. The molecule has 2 aromatic rings. The Morgan fingerprint density at radius 2 is 1.78 bits per heavy atom. The minimum atomic E-state index is -0.120. The van der Waals surface area contributed by atoms with Gasteiger partial charge in [0.25, 0.3) is 5.91 Å². The molecule has 2 aromatic carbocycles. The zero-order valence-electron chi connectivity index (χ0n) is 13.4. The molecular formula is C19H20N2O2. The van der Waals surface area contributed by atoms with Crippen LogP contribution in [0.5, 0.6) is 0 Å². The van der Waals surface area contributed by atoms with Gasteiger partial charge in [0.05, 0.1) is 6.04 Å². The Morgan fingerprint density at radius 1 is 1.09 bits per heavy atom. The van der Waals surface area contributed by atoms with Crippen LogP contribution in [0.4, 0.5) is 5.69 Å². The molecule has 1 aliphatic heterocycles. The van der Waals surface area contributed by atoms with Crippen LogP contribution in [0.3, 0.4) is 0 Å². The Bertz CT molecular complexity index is 737. The lowest BCUT2D eigenvalue weighted by Gasteiger charge is -2.35. The third-order valence-electron chi connectivity index (χ3n) is 4.31. The first-order valence-electron chi connectivity index (χ1n) is 7.82. The Morgan fingerprint density at radius 3 is 2.48 bits per heavy atom. The standard InChI is InChI=1S/C19H20N2O2/c1-13-18-6-4-3-5-15(18)11-12-21(13)19(23)16-7-9-17(10-8-16)20-14(2)22/h3-10,13H,11-12H2,1-2H3,(H,20,22). The second-order valence-corrected chi connectivity index (χ2v) is 5.88. The molecule has 0 spiro atoms. The highest BCUT2D eigenvalue weighted by atomic mass is 16.2. The average Bonchev–Trinajstić information content (AvgIpc) is 2.55. The van der Waals surface area contributed by atoms with Gasteiger partial charge >= 0.3 is 0 Å². The van der Waals surface area contributed by atoms with Crippen molar-refractivity contribution in [1.29, 1.82) is 0 Å². The van der Waals surface area contributed by atoms with Gasteiger partial charge in [-0.25, -0.2) is 0 Å². The van der Waals surface area contributed by atoms with Gasteiger partial charge in [0.15, 0.2) is 0 Å². The summed E-state index contributed by atoms with van der Waals surface area (Å²) >= 11 is 0. The monoisotopic (exact) mass is 308 g/mol. The van der Waals surface area contributed by atoms with Gasteiger partial charge in [-0.3, -0.25) is 9.59 Å². The SMILES string of the molecule is CC(=O)Nc1ccc(C(=O)N2CCc3ccccc3C2C)cc1. The third-order valence-corrected chi connectivity index (χ3v) is 4.31. The van der Waals surface area contributed by atoms with Crippen LogP contribution >= 0.6 is 0 Å². The number of hydrogen-bond acceptors (Lipinski definition) is 2. The van der Waals surface area contributed by atoms with Crippen LogP contribution in [0.2, 0.25) is 0 Å². The van der Waals surface area contributed by atoms with Crippen molar-refractivity contribution in [3.63, 3.8) is 0 Å². The molecule has 4 heteroatoms. The Hall–Kier alpha value is -2.62. The fourth-order valence-corrected chi connectivity index (χ4v) is 3.11. The third kappa shape index (κ3) is 3.11. The van der Waals surface area contributed by atoms with E-state index in [1.54, 1.807) is 24.3 Å². The predicted octanol–water partition coefficient (Wildman–Crippen LogP) is 3.40. The Kier molecular flexibility index (Phi) is 4.15. The molecule has 1 heterocycles. The van der Waals surface area contributed by atoms with E-state index in [1.807, 2.05) is 17.0 Å². The average molecular weight is 308 g/mol. The van der Waals surface area contributed by atoms with Crippen LogP contribution in [0.25, 0.3) is 0 Å². The summed E-state index contributed by atoms with van der Waals surface area (Å²) in [4.78, 5) is 25.8. The molecule has 0 fully saturated rings. The summed E-state index contributed by atoms with van der Waals surface area (Å²) in [7, 11) is 0. The number of rotatable bonds is 2. The summed E-state index contributed by atoms with van der Waals surface area (Å²) in [5, 5.41) is 2.71. The minimum Gasteiger partial charge on any atom is -0.332 e. The van der Waals surface area contributed by atoms with Crippen molar-refractivity contribution in [3.8, 4) is 0 Å². The molecule has 3 rings (SSSR count). The second kappa shape index (κ2) is 6.24. The van der Waals surface area contributed by atoms with Gasteiger partial charge in [-0.2, -0.15) is 0 Å². The first-order chi connectivity index (χ1) is 11.1. The molecule has 0 radical (unpaired) electrons. The van der Waals surface area contributed by atoms with Crippen LogP contribution in [-0.4, -0.2) is 23.3 Å². The molecule has 0 aromatic heterocycles. The van der Waals surface area contributed by atoms with Crippen molar-refractivity contribution in [2.24, 2.45) is 0 Å². The van der Waals surface area contributed by atoms with Gasteiger partial charge in [0, 0.05) is 24.7 Å². The number of nitrogens with zero attached hydrogens (tertiary/aromatic N) is 1. The van der Waals surface area contributed by atoms with Gasteiger partial charge in [-0.15, -0.1) is 0 Å². The summed E-state index contributed by atoms with van der Waals surface area (Å²) in [6.07, 6.45) is 0.885. The van der Waals surface area contributed by atoms with E-state index in [9.17, 15) is 9.59 Å². The molecule has 1 unspecified atom stereocenters. The van der Waals surface area contributed by atoms with Crippen molar-refractivity contribution < 1.29 is 9.59 Å².